The Kier molecular flexibility index (Phi) is 11.2. The molecule has 0 fully saturated rings. The Bertz CT molecular complexity index is 2390. The Morgan fingerprint density at radius 3 is 2.21 bits per heavy atom. The van der Waals surface area contributed by atoms with Crippen LogP contribution in [0.1, 0.15) is 101 Å². The molecular weight excluding hydrogens is 743 g/mol. The van der Waals surface area contributed by atoms with Gasteiger partial charge in [-0.25, -0.2) is 4.98 Å². The molecule has 4 aromatic carbocycles. The zero-order valence-electron chi connectivity index (χ0n) is 32.5. The number of benzene rings is 4. The third-order valence-electron chi connectivity index (χ3n) is 10.1. The molecule has 0 aliphatic carbocycles. The van der Waals surface area contributed by atoms with E-state index in [2.05, 4.69) is 156 Å². The van der Waals surface area contributed by atoms with E-state index in [1.54, 1.807) is 0 Å². The van der Waals surface area contributed by atoms with Crippen LogP contribution in [-0.4, -0.2) is 19.3 Å². The molecule has 0 unspecified atom stereocenters. The van der Waals surface area contributed by atoms with E-state index in [0.29, 0.717) is 17.4 Å². The minimum Gasteiger partial charge on any atom is -0.509 e. The van der Waals surface area contributed by atoms with Gasteiger partial charge in [-0.2, -0.15) is 11.2 Å². The summed E-state index contributed by atoms with van der Waals surface area (Å²) in [6, 6.07) is 35.2. The Balaban J connectivity index is 0.00000481. The van der Waals surface area contributed by atoms with E-state index in [4.69, 9.17) is 14.8 Å². The van der Waals surface area contributed by atoms with Crippen molar-refractivity contribution in [3.05, 3.63) is 131 Å². The van der Waals surface area contributed by atoms with Gasteiger partial charge in [-0.15, -0.1) is 41.3 Å². The third kappa shape index (κ3) is 7.37. The predicted octanol–water partition coefficient (Wildman–Crippen LogP) is 12.4. The molecule has 0 aliphatic heterocycles. The van der Waals surface area contributed by atoms with Crippen LogP contribution in [0, 0.1) is 26.0 Å². The maximum absolute atomic E-state index is 6.75. The zero-order chi connectivity index (χ0) is 36.7. The zero-order valence-corrected chi connectivity index (χ0v) is 34.1. The van der Waals surface area contributed by atoms with Gasteiger partial charge >= 0.3 is 20.4 Å². The van der Waals surface area contributed by atoms with Crippen LogP contribution >= 0.6 is 0 Å². The average molecular weight is 793 g/mol. The van der Waals surface area contributed by atoms with Gasteiger partial charge in [0.25, 0.3) is 0 Å². The molecule has 0 radical (unpaired) electrons. The van der Waals surface area contributed by atoms with Crippen molar-refractivity contribution >= 4 is 21.8 Å². The number of ether oxygens (including phenoxy) is 1. The van der Waals surface area contributed by atoms with E-state index >= 15 is 0 Å². The molecule has 0 N–H and O–H groups in total. The number of pyridine rings is 1. The van der Waals surface area contributed by atoms with E-state index in [0.717, 1.165) is 70.3 Å². The van der Waals surface area contributed by atoms with Crippen LogP contribution in [0.25, 0.3) is 44.4 Å². The smallest absolute Gasteiger partial charge is 0.509 e. The second-order valence-corrected chi connectivity index (χ2v) is 15.5. The largest absolute Gasteiger partial charge is 2.00 e. The second kappa shape index (κ2) is 15.5. The molecule has 53 heavy (non-hydrogen) atoms. The van der Waals surface area contributed by atoms with Crippen molar-refractivity contribution < 1.29 is 25.2 Å². The monoisotopic (exact) mass is 792 g/mol. The van der Waals surface area contributed by atoms with Crippen molar-refractivity contribution in [3.63, 3.8) is 0 Å². The normalized spacial score (nSPS) is 11.8. The van der Waals surface area contributed by atoms with Gasteiger partial charge in [0.05, 0.1) is 5.69 Å². The maximum Gasteiger partial charge on any atom is 2.00 e. The van der Waals surface area contributed by atoms with Gasteiger partial charge in [-0.05, 0) is 89.5 Å². The number of fused-ring (bicyclic) bond motifs is 3. The molecule has 0 spiro atoms. The molecule has 274 valence electrons. The Hall–Kier alpha value is -4.50. The molecule has 3 heterocycles. The van der Waals surface area contributed by atoms with Gasteiger partial charge in [0.15, 0.2) is 0 Å². The van der Waals surface area contributed by atoms with Gasteiger partial charge in [-0.3, -0.25) is 4.68 Å². The Labute approximate surface area is 329 Å². The topological polar surface area (TPSA) is 44.9 Å². The minimum absolute atomic E-state index is 0. The van der Waals surface area contributed by atoms with Gasteiger partial charge in [-0.1, -0.05) is 103 Å². The fourth-order valence-corrected chi connectivity index (χ4v) is 7.42. The number of nitrogens with zero attached hydrogens (tertiary/aromatic N) is 4. The Morgan fingerprint density at radius 2 is 1.51 bits per heavy atom. The Morgan fingerprint density at radius 1 is 0.774 bits per heavy atom. The molecule has 5 nitrogen and oxygen atoms in total. The van der Waals surface area contributed by atoms with E-state index in [1.807, 2.05) is 12.3 Å². The van der Waals surface area contributed by atoms with E-state index in [1.165, 1.54) is 33.5 Å². The molecule has 0 atom stereocenters. The number of hydrogen-bond acceptors (Lipinski definition) is 3. The van der Waals surface area contributed by atoms with Crippen molar-refractivity contribution in [3.8, 4) is 34.1 Å². The van der Waals surface area contributed by atoms with Gasteiger partial charge in [0.1, 0.15) is 5.82 Å². The van der Waals surface area contributed by atoms with Crippen LogP contribution in [0.2, 0.25) is 0 Å². The molecule has 0 saturated carbocycles. The van der Waals surface area contributed by atoms with Crippen LogP contribution in [-0.2, 0) is 38.7 Å². The summed E-state index contributed by atoms with van der Waals surface area (Å²) in [4.78, 5) is 4.83. The molecule has 0 amide bonds. The first kappa shape index (κ1) is 38.2. The summed E-state index contributed by atoms with van der Waals surface area (Å²) in [6.07, 6.45) is 5.75. The standard InChI is InChI=1S/C47H50N4O.Pd/c1-10-15-40-46(45-31(5)17-14-18-32(45)6)42(16-11-2)51(49-40)35-26-34(47(7,8)9)27-37(28-35)52-36-21-22-39-38-19-12-13-20-41(38)50(43(39)29-36)44-25-33(30(3)4)23-24-48-44;/h12-14,17-27,30H,10-11,15-16H2,1-9H3;/q-2;+2. The summed E-state index contributed by atoms with van der Waals surface area (Å²) in [6.45, 7) is 20.1. The summed E-state index contributed by atoms with van der Waals surface area (Å²) in [5.74, 6) is 2.53. The fraction of sp³-hybridized carbons (Fsp3) is 0.319. The van der Waals surface area contributed by atoms with Crippen LogP contribution in [0.5, 0.6) is 11.5 Å². The van der Waals surface area contributed by atoms with Crippen LogP contribution in [0.3, 0.4) is 0 Å². The van der Waals surface area contributed by atoms with Crippen LogP contribution in [0.4, 0.5) is 0 Å². The first-order valence-corrected chi connectivity index (χ1v) is 18.8. The molecular formula is C47H50N4OPd. The van der Waals surface area contributed by atoms with Crippen LogP contribution in [0.15, 0.2) is 85.1 Å². The fourth-order valence-electron chi connectivity index (χ4n) is 7.42. The second-order valence-electron chi connectivity index (χ2n) is 15.5. The summed E-state index contributed by atoms with van der Waals surface area (Å²) >= 11 is 0. The number of aryl methyl sites for hydroxylation is 3. The maximum atomic E-state index is 6.75. The van der Waals surface area contributed by atoms with Crippen LogP contribution < -0.4 is 4.74 Å². The molecule has 0 aliphatic rings. The first-order chi connectivity index (χ1) is 25.0. The number of para-hydroxylation sites is 1. The van der Waals surface area contributed by atoms with Crippen molar-refractivity contribution in [2.75, 3.05) is 0 Å². The predicted molar refractivity (Wildman–Crippen MR) is 216 cm³/mol. The SMILES string of the molecule is CCCc1nn(-c2[c-]c(Oc3[c-]c4c(cc3)c3ccccc3n4-c3cc(C(C)C)ccn3)cc(C(C)(C)C)c2)c(CCC)c1-c1c(C)cccc1C.[Pd+2]. The molecule has 0 saturated heterocycles. The third-order valence-corrected chi connectivity index (χ3v) is 10.1. The van der Waals surface area contributed by atoms with Crippen molar-refractivity contribution in [1.82, 2.24) is 19.3 Å². The summed E-state index contributed by atoms with van der Waals surface area (Å²) in [5, 5.41) is 7.63. The molecule has 3 aromatic heterocycles. The van der Waals surface area contributed by atoms with E-state index in [9.17, 15) is 0 Å². The number of hydrogen-bond donors (Lipinski definition) is 0. The van der Waals surface area contributed by atoms with E-state index in [-0.39, 0.29) is 25.8 Å². The first-order valence-electron chi connectivity index (χ1n) is 18.8. The summed E-state index contributed by atoms with van der Waals surface area (Å²) in [7, 11) is 0. The number of aromatic nitrogens is 4. The quantitative estimate of drug-likeness (QED) is 0.102. The number of rotatable bonds is 10. The molecule has 6 heteroatoms. The molecule has 7 aromatic rings. The van der Waals surface area contributed by atoms with E-state index < -0.39 is 0 Å². The van der Waals surface area contributed by atoms with Gasteiger partial charge in [0, 0.05) is 34.5 Å². The van der Waals surface area contributed by atoms with Gasteiger partial charge < -0.3 is 9.30 Å². The minimum atomic E-state index is -0.130. The summed E-state index contributed by atoms with van der Waals surface area (Å²) < 4.78 is 11.1. The molecule has 7 rings (SSSR count). The van der Waals surface area contributed by atoms with Gasteiger partial charge in [0.2, 0.25) is 0 Å². The summed E-state index contributed by atoms with van der Waals surface area (Å²) in [5.41, 5.74) is 12.7. The van der Waals surface area contributed by atoms with Crippen molar-refractivity contribution in [2.24, 2.45) is 0 Å². The average Bonchev–Trinajstić information content (AvgIpc) is 3.63. The molecule has 0 bridgehead atoms. The van der Waals surface area contributed by atoms with Crippen molar-refractivity contribution in [2.45, 2.75) is 99.3 Å². The van der Waals surface area contributed by atoms with Crippen molar-refractivity contribution in [1.29, 1.82) is 0 Å².